The van der Waals surface area contributed by atoms with Crippen LogP contribution in [0, 0.1) is 13.5 Å². The molecule has 7 aliphatic rings. The van der Waals surface area contributed by atoms with Gasteiger partial charge in [0.05, 0.1) is 100 Å². The Hall–Kier alpha value is -11.2. The molecule has 15 aromatic carbocycles. The van der Waals surface area contributed by atoms with E-state index in [4.69, 9.17) is 55.5 Å². The molecule has 15 aromatic rings. The number of alkyl halides is 6. The minimum Gasteiger partial charge on any atom is -0.489 e. The van der Waals surface area contributed by atoms with E-state index in [1.807, 2.05) is 106 Å². The van der Waals surface area contributed by atoms with Crippen LogP contribution in [0.3, 0.4) is 0 Å². The van der Waals surface area contributed by atoms with Crippen LogP contribution >= 0.6 is 58.6 Å². The van der Waals surface area contributed by atoms with Crippen molar-refractivity contribution in [1.29, 1.82) is 0 Å². The molecule has 0 aromatic heterocycles. The van der Waals surface area contributed by atoms with Crippen LogP contribution in [0.25, 0.3) is 4.85 Å². The van der Waals surface area contributed by atoms with Gasteiger partial charge in [0.2, 0.25) is 9.84 Å². The summed E-state index contributed by atoms with van der Waals surface area (Å²) in [5.74, 6) is 0.842. The van der Waals surface area contributed by atoms with Crippen molar-refractivity contribution in [2.24, 2.45) is 0 Å². The number of halogens is 7. The van der Waals surface area contributed by atoms with Gasteiger partial charge in [-0.05, 0) is 308 Å². The van der Waals surface area contributed by atoms with E-state index in [1.165, 1.54) is 131 Å². The van der Waals surface area contributed by atoms with Gasteiger partial charge in [0, 0.05) is 49.1 Å². The van der Waals surface area contributed by atoms with E-state index in [2.05, 4.69) is 117 Å². The zero-order valence-electron chi connectivity index (χ0n) is 81.8. The monoisotopic (exact) mass is 2170 g/mol. The highest BCUT2D eigenvalue weighted by Gasteiger charge is 2.40. The first-order valence-electron chi connectivity index (χ1n) is 47.2. The van der Waals surface area contributed by atoms with Gasteiger partial charge >= 0.3 is 61.0 Å². The Morgan fingerprint density at radius 2 is 0.765 bits per heavy atom. The Kier molecular flexibility index (Phi) is 36.4. The summed E-state index contributed by atoms with van der Waals surface area (Å²) in [7, 11) is -14.6. The molecule has 7 aliphatic heterocycles. The average Bonchev–Trinajstić information content (AvgIpc) is 1.49. The van der Waals surface area contributed by atoms with E-state index in [0.29, 0.717) is 70.5 Å². The third-order valence-electron chi connectivity index (χ3n) is 25.2. The molecule has 7 heterocycles. The number of hydrogen-bond acceptors (Lipinski definition) is 20. The van der Waals surface area contributed by atoms with Crippen LogP contribution in [0.5, 0.6) is 5.75 Å². The summed E-state index contributed by atoms with van der Waals surface area (Å²) in [6.07, 6.45) is -6.58. The Labute approximate surface area is 892 Å². The molecule has 0 spiro atoms. The van der Waals surface area contributed by atoms with E-state index in [1.54, 1.807) is 115 Å². The Balaban J connectivity index is 0.000000125. The molecular formula is C109H96B7ClF6N2O16S8. The van der Waals surface area contributed by atoms with Gasteiger partial charge in [-0.1, -0.05) is 215 Å². The summed E-state index contributed by atoms with van der Waals surface area (Å²) in [6, 6.07) is 95.8. The van der Waals surface area contributed by atoms with Crippen LogP contribution in [-0.2, 0) is 138 Å². The molecule has 22 rings (SSSR count). The molecular weight excluding hydrogens is 2070 g/mol. The number of fused-ring (bicyclic) bond motifs is 7. The molecule has 40 heteroatoms. The SMILES string of the molecule is CB1OCc2cc(N(S(=O)(=O)c3ccccc3)S(=O)(=O)c3ccccc3)ccc21.CB1OCc2ccc(S(=O)(=O)c3ccc(Cl)cc3)cc21.CB1OCc2ccc(S(=O)c3ccc(C(F)(F)F)cc3)cc21.CB1OCc2ccc(Sc3ccc(C(F)(F)F)cc3)cc21.CSc1ccc(Sc2ccc3c(c2)B(C)OC3)cc1.Cc1ccc(Sc2ccc3c(c2)B(O)OC3)cc1.[C-]#[N+]c1cccc(COc2ccc3c(c2)COB3C)c1. The van der Waals surface area contributed by atoms with Crippen molar-refractivity contribution in [3.05, 3.63) is 411 Å². The fourth-order valence-corrected chi connectivity index (χ4v) is 26.2. The molecule has 0 aliphatic carbocycles. The highest BCUT2D eigenvalue weighted by molar-refractivity contribution is 8.10. The second-order valence-corrected chi connectivity index (χ2v) is 47.4. The number of aryl methyl sites for hydroxylation is 1. The molecule has 1 N–H and O–H groups in total. The predicted molar refractivity (Wildman–Crippen MR) is 587 cm³/mol. The summed E-state index contributed by atoms with van der Waals surface area (Å²) in [5.41, 5.74) is 16.7. The maximum Gasteiger partial charge on any atom is 0.491 e. The van der Waals surface area contributed by atoms with E-state index in [9.17, 15) is 60.8 Å². The van der Waals surface area contributed by atoms with Gasteiger partial charge in [-0.15, -0.1) is 11.8 Å². The van der Waals surface area contributed by atoms with Gasteiger partial charge in [-0.3, -0.25) is 0 Å². The molecule has 0 saturated heterocycles. The zero-order chi connectivity index (χ0) is 106. The topological polar surface area (TPSA) is 221 Å². The lowest BCUT2D eigenvalue weighted by molar-refractivity contribution is -0.138. The van der Waals surface area contributed by atoms with Crippen LogP contribution in [0.4, 0.5) is 37.7 Å². The zero-order valence-corrected chi connectivity index (χ0v) is 89.1. The Morgan fingerprint density at radius 1 is 0.383 bits per heavy atom. The van der Waals surface area contributed by atoms with Crippen molar-refractivity contribution in [3.63, 3.8) is 0 Å². The Bertz CT molecular complexity index is 7690. The number of benzene rings is 15. The van der Waals surface area contributed by atoms with Crippen molar-refractivity contribution in [1.82, 2.24) is 0 Å². The molecule has 0 saturated carbocycles. The quantitative estimate of drug-likeness (QED) is 0.0344. The second kappa shape index (κ2) is 49.0. The van der Waals surface area contributed by atoms with Crippen LogP contribution in [-0.4, -0.2) is 89.4 Å². The molecule has 18 nitrogen and oxygen atoms in total. The Morgan fingerprint density at radius 3 is 1.25 bits per heavy atom. The number of ether oxygens (including phenoxy) is 1. The average molecular weight is 2170 g/mol. The van der Waals surface area contributed by atoms with Gasteiger partial charge in [0.1, 0.15) is 12.4 Å². The van der Waals surface area contributed by atoms with Gasteiger partial charge in [0.15, 0.2) is 5.69 Å². The summed E-state index contributed by atoms with van der Waals surface area (Å²) < 4.78 is 211. The van der Waals surface area contributed by atoms with Crippen molar-refractivity contribution in [2.45, 2.75) is 177 Å². The van der Waals surface area contributed by atoms with Gasteiger partial charge in [0.25, 0.3) is 20.0 Å². The predicted octanol–water partition coefficient (Wildman–Crippen LogP) is 22.1. The molecule has 1 unspecified atom stereocenters. The smallest absolute Gasteiger partial charge is 0.489 e. The normalized spacial score (nSPS) is 14.1. The molecule has 1 atom stereocenters. The first-order valence-corrected chi connectivity index (χ1v) is 56.8. The van der Waals surface area contributed by atoms with Crippen molar-refractivity contribution >= 4 is 198 Å². The number of nitrogens with zero attached hydrogens (tertiary/aromatic N) is 2. The minimum absolute atomic E-state index is 0.0501. The van der Waals surface area contributed by atoms with Crippen LogP contribution in [0.15, 0.2) is 397 Å². The maximum atomic E-state index is 13.4. The van der Waals surface area contributed by atoms with Crippen molar-refractivity contribution in [3.8, 4) is 5.75 Å². The van der Waals surface area contributed by atoms with Crippen LogP contribution < -0.4 is 46.7 Å². The fourth-order valence-electron chi connectivity index (χ4n) is 16.9. The lowest BCUT2D eigenvalue weighted by Gasteiger charge is -2.24. The number of sulfonamides is 2. The highest BCUT2D eigenvalue weighted by Crippen LogP contribution is 2.39. The van der Waals surface area contributed by atoms with Crippen LogP contribution in [0.1, 0.15) is 61.2 Å². The molecule has 149 heavy (non-hydrogen) atoms. The van der Waals surface area contributed by atoms with E-state index in [0.717, 1.165) is 106 Å². The second-order valence-electron chi connectivity index (χ2n) is 35.4. The van der Waals surface area contributed by atoms with Crippen LogP contribution in [0.2, 0.25) is 46.0 Å². The van der Waals surface area contributed by atoms with E-state index >= 15 is 0 Å². The van der Waals surface area contributed by atoms with E-state index < -0.39 is 71.3 Å². The third-order valence-corrected chi connectivity index (χ3v) is 36.6. The van der Waals surface area contributed by atoms with Gasteiger partial charge < -0.3 is 42.3 Å². The summed E-state index contributed by atoms with van der Waals surface area (Å²) in [4.78, 5) is 12.6. The third kappa shape index (κ3) is 27.7. The number of anilines is 1. The summed E-state index contributed by atoms with van der Waals surface area (Å²) in [6.45, 7) is 25.6. The molecule has 0 fully saturated rings. The number of thioether (sulfide) groups is 1. The number of sulfone groups is 1. The molecule has 0 bridgehead atoms. The van der Waals surface area contributed by atoms with Crippen molar-refractivity contribution < 1.29 is 98.1 Å². The first kappa shape index (κ1) is 110. The number of hydrogen-bond donors (Lipinski definition) is 1. The minimum atomic E-state index is -4.39. The first-order chi connectivity index (χ1) is 71.3. The van der Waals surface area contributed by atoms with E-state index in [-0.39, 0.29) is 66.8 Å². The summed E-state index contributed by atoms with van der Waals surface area (Å²) in [5, 5.41) is 10.2. The van der Waals surface area contributed by atoms with Crippen molar-refractivity contribution in [2.75, 3.05) is 9.97 Å². The van der Waals surface area contributed by atoms with Gasteiger partial charge in [-0.25, -0.2) is 34.3 Å². The molecule has 0 amide bonds. The summed E-state index contributed by atoms with van der Waals surface area (Å²) >= 11 is 12.5. The standard InChI is InChI=1S/C20H18BNO5S2.C16H14BNO2.C15H12BF3O2S.C15H12BF3OS.C15H15BOS2.C14H12BClO3S.C14H13BO2S/c1-21-20-13-12-17(14-16(20)15-27-21)22(28(23,24)18-8-4-2-5-9-18)29(25,26)19-10-6-3-7-11-19;1-17-16-7-6-15(9-13(16)11-20-17)19-10-12-4-3-5-14(8-12)18-2;1-16-14-8-13(5-2-10(14)9-21-16)22(20)12-6-3-11(4-7-12)15(17,18)19;1-16-14-8-13(5-2-10(14)9-20-16)21-12-6-3-11(4-7-12)15(17,18)19;1-16-15-9-14(4-3-11(15)10-17-16)19-13-7-5-12(18-2)6-8-13;1-15-14-8-13(5-2-10(14)9-19-15)20(17,18)12-6-3-11(16)4-7-12;1-10-2-5-12(6-3-10)18-13-7-4-11-9-17-15(16)14(11)8-13/h2-14H,15H2,1H3;3-9H,10-11H2,1H3;2-8H,9H2,1H3;2-8H,9H2,1H3;3-9H,10H2,1-2H3;2-8H,9H2,1H3;2-8,16H,9H2,1H3. The molecule has 756 valence electrons. The fraction of sp³-hybridized carbons (Fsp3) is 0.165. The number of rotatable bonds is 19. The highest BCUT2D eigenvalue weighted by atomic mass is 35.5. The lowest BCUT2D eigenvalue weighted by atomic mass is 9.64. The van der Waals surface area contributed by atoms with Gasteiger partial charge in [-0.2, -0.15) is 30.1 Å². The maximum absolute atomic E-state index is 13.4. The molecule has 0 radical (unpaired) electrons. The lowest BCUT2D eigenvalue weighted by Crippen LogP contribution is -2.37. The largest absolute Gasteiger partial charge is 0.491 e.